The molecular weight excluding hydrogens is 416 g/mol. The van der Waals surface area contributed by atoms with Gasteiger partial charge in [-0.15, -0.1) is 11.3 Å². The van der Waals surface area contributed by atoms with E-state index in [4.69, 9.17) is 4.74 Å². The van der Waals surface area contributed by atoms with Crippen LogP contribution in [0.2, 0.25) is 0 Å². The predicted octanol–water partition coefficient (Wildman–Crippen LogP) is 5.83. The molecule has 2 nitrogen and oxygen atoms in total. The maximum Gasteiger partial charge on any atom is 0.202 e. The number of Topliss-reactive ketones (excluding diaryl/α,β-unsaturated/α-hetero) is 1. The van der Waals surface area contributed by atoms with E-state index in [0.29, 0.717) is 5.56 Å². The second-order valence-corrected chi connectivity index (χ2v) is 9.48. The van der Waals surface area contributed by atoms with Crippen LogP contribution >= 0.6 is 43.2 Å². The van der Waals surface area contributed by atoms with Gasteiger partial charge in [-0.2, -0.15) is 0 Å². The Morgan fingerprint density at radius 3 is 2.52 bits per heavy atom. The van der Waals surface area contributed by atoms with E-state index in [1.54, 1.807) is 0 Å². The van der Waals surface area contributed by atoms with Crippen LogP contribution in [0.15, 0.2) is 37.9 Å². The fourth-order valence-electron chi connectivity index (χ4n) is 1.81. The van der Waals surface area contributed by atoms with Crippen molar-refractivity contribution in [3.8, 4) is 5.75 Å². The number of ketones is 1. The molecule has 1 aromatic carbocycles. The molecule has 2 rings (SSSR count). The molecule has 0 saturated heterocycles. The van der Waals surface area contributed by atoms with Crippen molar-refractivity contribution in [2.45, 2.75) is 26.2 Å². The van der Waals surface area contributed by atoms with Crippen LogP contribution in [-0.2, 0) is 5.41 Å². The van der Waals surface area contributed by atoms with E-state index in [2.05, 4.69) is 58.7 Å². The van der Waals surface area contributed by atoms with E-state index in [9.17, 15) is 4.79 Å². The first kappa shape index (κ1) is 16.7. The maximum atomic E-state index is 12.2. The van der Waals surface area contributed by atoms with Gasteiger partial charge in [0.1, 0.15) is 5.75 Å². The van der Waals surface area contributed by atoms with Crippen LogP contribution < -0.4 is 4.74 Å². The quantitative estimate of drug-likeness (QED) is 0.569. The highest BCUT2D eigenvalue weighted by Gasteiger charge is 2.16. The van der Waals surface area contributed by atoms with Crippen molar-refractivity contribution < 1.29 is 9.53 Å². The van der Waals surface area contributed by atoms with Gasteiger partial charge in [0, 0.05) is 5.56 Å². The lowest BCUT2D eigenvalue weighted by Gasteiger charge is -2.19. The van der Waals surface area contributed by atoms with Crippen molar-refractivity contribution in [2.75, 3.05) is 6.61 Å². The van der Waals surface area contributed by atoms with Crippen LogP contribution in [0.3, 0.4) is 0 Å². The van der Waals surface area contributed by atoms with E-state index in [-0.39, 0.29) is 17.8 Å². The summed E-state index contributed by atoms with van der Waals surface area (Å²) in [6, 6.07) is 9.71. The number of halogens is 2. The largest absolute Gasteiger partial charge is 0.485 e. The number of carbonyl (C=O) groups excluding carboxylic acids is 1. The minimum atomic E-state index is -0.0370. The van der Waals surface area contributed by atoms with Gasteiger partial charge in [0.05, 0.1) is 7.57 Å². The topological polar surface area (TPSA) is 26.3 Å². The van der Waals surface area contributed by atoms with Crippen LogP contribution in [0.4, 0.5) is 0 Å². The lowest BCUT2D eigenvalue weighted by atomic mass is 9.87. The Morgan fingerprint density at radius 2 is 1.95 bits per heavy atom. The van der Waals surface area contributed by atoms with E-state index in [0.717, 1.165) is 13.3 Å². The van der Waals surface area contributed by atoms with Gasteiger partial charge < -0.3 is 4.74 Å². The van der Waals surface area contributed by atoms with Crippen molar-refractivity contribution in [2.24, 2.45) is 0 Å². The Hall–Kier alpha value is -0.650. The van der Waals surface area contributed by atoms with Gasteiger partial charge in [0.15, 0.2) is 6.61 Å². The van der Waals surface area contributed by atoms with Gasteiger partial charge in [-0.3, -0.25) is 4.79 Å². The van der Waals surface area contributed by atoms with Crippen LogP contribution in [0.25, 0.3) is 0 Å². The van der Waals surface area contributed by atoms with Crippen molar-refractivity contribution >= 4 is 49.0 Å². The molecule has 1 aromatic heterocycles. The molecule has 5 heteroatoms. The molecule has 0 N–H and O–H groups in total. The van der Waals surface area contributed by atoms with Crippen LogP contribution in [0.5, 0.6) is 5.75 Å². The third-order valence-corrected chi connectivity index (χ3v) is 5.37. The number of benzene rings is 1. The van der Waals surface area contributed by atoms with Crippen LogP contribution in [0.1, 0.15) is 36.7 Å². The minimum absolute atomic E-state index is 0.0370. The Morgan fingerprint density at radius 1 is 1.24 bits per heavy atom. The molecule has 0 saturated carbocycles. The number of hydrogen-bond acceptors (Lipinski definition) is 3. The third kappa shape index (κ3) is 4.41. The zero-order chi connectivity index (χ0) is 15.6. The smallest absolute Gasteiger partial charge is 0.202 e. The van der Waals surface area contributed by atoms with E-state index >= 15 is 0 Å². The Bertz CT molecular complexity index is 657. The summed E-state index contributed by atoms with van der Waals surface area (Å²) >= 11 is 8.25. The molecule has 0 spiro atoms. The Labute approximate surface area is 145 Å². The van der Waals surface area contributed by atoms with E-state index in [1.165, 1.54) is 16.9 Å². The zero-order valence-electron chi connectivity index (χ0n) is 12.1. The molecule has 2 aromatic rings. The molecule has 0 aliphatic rings. The average molecular weight is 432 g/mol. The van der Waals surface area contributed by atoms with Gasteiger partial charge in [0.25, 0.3) is 0 Å². The summed E-state index contributed by atoms with van der Waals surface area (Å²) in [5, 5.41) is 0. The lowest BCUT2D eigenvalue weighted by Crippen LogP contribution is -2.13. The summed E-state index contributed by atoms with van der Waals surface area (Å²) < 4.78 is 7.39. The highest BCUT2D eigenvalue weighted by atomic mass is 79.9. The summed E-state index contributed by atoms with van der Waals surface area (Å²) in [6.07, 6.45) is 0. The fraction of sp³-hybridized carbons (Fsp3) is 0.312. The van der Waals surface area contributed by atoms with Crippen LogP contribution in [0, 0.1) is 0 Å². The number of ether oxygens (including phenoxy) is 1. The second-order valence-electron chi connectivity index (χ2n) is 5.73. The summed E-state index contributed by atoms with van der Waals surface area (Å²) in [6.45, 7) is 6.49. The molecular formula is C16H16Br2O2S. The normalized spacial score (nSPS) is 11.5. The first-order valence-electron chi connectivity index (χ1n) is 6.49. The van der Waals surface area contributed by atoms with Crippen molar-refractivity contribution in [1.82, 2.24) is 0 Å². The van der Waals surface area contributed by atoms with Crippen molar-refractivity contribution in [1.29, 1.82) is 0 Å². The average Bonchev–Trinajstić information content (AvgIpc) is 2.74. The molecule has 0 aliphatic heterocycles. The van der Waals surface area contributed by atoms with Gasteiger partial charge in [-0.25, -0.2) is 0 Å². The second kappa shape index (κ2) is 6.63. The number of thiophene rings is 1. The first-order valence-corrected chi connectivity index (χ1v) is 8.89. The standard InChI is InChI=1S/C16H16Br2O2S/c1-16(2,3)10-5-4-6-11(7-10)20-9-13(19)12-8-14(17)21-15(12)18/h4-8H,9H2,1-3H3. The van der Waals surface area contributed by atoms with Gasteiger partial charge >= 0.3 is 0 Å². The highest BCUT2D eigenvalue weighted by molar-refractivity contribution is 9.12. The Balaban J connectivity index is 2.07. The summed E-state index contributed by atoms with van der Waals surface area (Å²) in [7, 11) is 0. The Kier molecular flexibility index (Phi) is 5.28. The van der Waals surface area contributed by atoms with E-state index < -0.39 is 0 Å². The SMILES string of the molecule is CC(C)(C)c1cccc(OCC(=O)c2cc(Br)sc2Br)c1. The van der Waals surface area contributed by atoms with Crippen molar-refractivity contribution in [3.05, 3.63) is 49.0 Å². The van der Waals surface area contributed by atoms with Gasteiger partial charge in [-0.05, 0) is 61.0 Å². The molecule has 0 bridgehead atoms. The summed E-state index contributed by atoms with van der Waals surface area (Å²) in [5.74, 6) is 0.686. The van der Waals surface area contributed by atoms with Gasteiger partial charge in [0.2, 0.25) is 5.78 Å². The maximum absolute atomic E-state index is 12.2. The summed E-state index contributed by atoms with van der Waals surface area (Å²) in [5.41, 5.74) is 1.90. The monoisotopic (exact) mass is 430 g/mol. The predicted molar refractivity (Wildman–Crippen MR) is 94.7 cm³/mol. The first-order chi connectivity index (χ1) is 9.77. The van der Waals surface area contributed by atoms with E-state index in [1.807, 2.05) is 24.3 Å². The molecule has 0 aliphatic carbocycles. The zero-order valence-corrected chi connectivity index (χ0v) is 16.1. The van der Waals surface area contributed by atoms with Crippen LogP contribution in [-0.4, -0.2) is 12.4 Å². The molecule has 0 atom stereocenters. The lowest BCUT2D eigenvalue weighted by molar-refractivity contribution is 0.0921. The highest BCUT2D eigenvalue weighted by Crippen LogP contribution is 2.32. The number of rotatable bonds is 4. The number of carbonyl (C=O) groups is 1. The molecule has 112 valence electrons. The molecule has 0 fully saturated rings. The summed E-state index contributed by atoms with van der Waals surface area (Å²) in [4.78, 5) is 12.2. The third-order valence-electron chi connectivity index (χ3n) is 3.03. The van der Waals surface area contributed by atoms with Gasteiger partial charge in [-0.1, -0.05) is 32.9 Å². The van der Waals surface area contributed by atoms with Crippen molar-refractivity contribution in [3.63, 3.8) is 0 Å². The molecule has 0 unspecified atom stereocenters. The fourth-order valence-corrected chi connectivity index (χ4v) is 4.67. The molecule has 1 heterocycles. The molecule has 0 radical (unpaired) electrons. The molecule has 21 heavy (non-hydrogen) atoms. The number of hydrogen-bond donors (Lipinski definition) is 0. The molecule has 0 amide bonds. The minimum Gasteiger partial charge on any atom is -0.485 e.